The van der Waals surface area contributed by atoms with E-state index in [4.69, 9.17) is 4.42 Å². The van der Waals surface area contributed by atoms with E-state index in [9.17, 15) is 14.9 Å². The Bertz CT molecular complexity index is 899. The average Bonchev–Trinajstić information content (AvgIpc) is 3.24. The maximum Gasteiger partial charge on any atom is 0.433 e. The Morgan fingerprint density at radius 2 is 2.21 bits per heavy atom. The first kappa shape index (κ1) is 15.4. The van der Waals surface area contributed by atoms with Gasteiger partial charge in [-0.2, -0.15) is 0 Å². The highest BCUT2D eigenvalue weighted by Gasteiger charge is 2.17. The monoisotopic (exact) mass is 327 g/mol. The van der Waals surface area contributed by atoms with Crippen LogP contribution in [0.4, 0.5) is 11.6 Å². The highest BCUT2D eigenvalue weighted by atomic mass is 16.6. The van der Waals surface area contributed by atoms with E-state index in [-0.39, 0.29) is 5.76 Å². The van der Waals surface area contributed by atoms with E-state index in [1.165, 1.54) is 6.07 Å². The third kappa shape index (κ3) is 3.00. The molecule has 3 aromatic rings. The summed E-state index contributed by atoms with van der Waals surface area (Å²) in [5.41, 5.74) is 1.31. The fourth-order valence-corrected chi connectivity index (χ4v) is 2.19. The van der Waals surface area contributed by atoms with Crippen LogP contribution in [0.1, 0.15) is 17.5 Å². The van der Waals surface area contributed by atoms with E-state index in [2.05, 4.69) is 15.5 Å². The Morgan fingerprint density at radius 1 is 1.38 bits per heavy atom. The van der Waals surface area contributed by atoms with Crippen LogP contribution in [0.15, 0.2) is 47.1 Å². The third-order valence-electron chi connectivity index (χ3n) is 3.33. The normalized spacial score (nSPS) is 10.5. The molecule has 0 radical (unpaired) electrons. The van der Waals surface area contributed by atoms with Gasteiger partial charge in [0.2, 0.25) is 0 Å². The van der Waals surface area contributed by atoms with Crippen LogP contribution in [0.25, 0.3) is 11.4 Å². The number of hydrogen-bond acceptors (Lipinski definition) is 6. The molecule has 0 saturated carbocycles. The standard InChI is InChI=1S/C15H13N5O4/c1-2-19-9-16-18-14(19)10-4-3-5-11(8-10)17-15(21)12-6-7-13(24-12)20(22)23/h3-9H,2H2,1H3,(H,17,21). The van der Waals surface area contributed by atoms with Crippen LogP contribution in [0.3, 0.4) is 0 Å². The van der Waals surface area contributed by atoms with Crippen molar-refractivity contribution in [2.45, 2.75) is 13.5 Å². The summed E-state index contributed by atoms with van der Waals surface area (Å²) < 4.78 is 6.75. The lowest BCUT2D eigenvalue weighted by Gasteiger charge is -2.07. The summed E-state index contributed by atoms with van der Waals surface area (Å²) in [6.07, 6.45) is 1.63. The zero-order valence-corrected chi connectivity index (χ0v) is 12.7. The van der Waals surface area contributed by atoms with E-state index in [1.54, 1.807) is 24.5 Å². The number of hydrogen-bond donors (Lipinski definition) is 1. The van der Waals surface area contributed by atoms with Gasteiger partial charge in [0.15, 0.2) is 11.6 Å². The highest BCUT2D eigenvalue weighted by molar-refractivity contribution is 6.02. The molecular formula is C15H13N5O4. The zero-order valence-electron chi connectivity index (χ0n) is 12.7. The minimum atomic E-state index is -0.699. The lowest BCUT2D eigenvalue weighted by Crippen LogP contribution is -2.11. The number of amides is 1. The Morgan fingerprint density at radius 3 is 2.92 bits per heavy atom. The van der Waals surface area contributed by atoms with Gasteiger partial charge in [0.1, 0.15) is 11.3 Å². The van der Waals surface area contributed by atoms with Crippen LogP contribution in [-0.4, -0.2) is 25.6 Å². The first-order valence-electron chi connectivity index (χ1n) is 7.12. The van der Waals surface area contributed by atoms with E-state index in [0.717, 1.165) is 18.2 Å². The van der Waals surface area contributed by atoms with Crippen molar-refractivity contribution in [2.75, 3.05) is 5.32 Å². The van der Waals surface area contributed by atoms with Gasteiger partial charge in [0.05, 0.1) is 6.07 Å². The van der Waals surface area contributed by atoms with Gasteiger partial charge < -0.3 is 14.3 Å². The molecule has 1 N–H and O–H groups in total. The molecule has 9 nitrogen and oxygen atoms in total. The summed E-state index contributed by atoms with van der Waals surface area (Å²) >= 11 is 0. The second kappa shape index (κ2) is 6.32. The van der Waals surface area contributed by atoms with Crippen molar-refractivity contribution in [3.63, 3.8) is 0 Å². The van der Waals surface area contributed by atoms with Crippen molar-refractivity contribution < 1.29 is 14.1 Å². The highest BCUT2D eigenvalue weighted by Crippen LogP contribution is 2.22. The topological polar surface area (TPSA) is 116 Å². The van der Waals surface area contributed by atoms with Crippen molar-refractivity contribution in [1.82, 2.24) is 14.8 Å². The van der Waals surface area contributed by atoms with Crippen molar-refractivity contribution in [3.8, 4) is 11.4 Å². The molecule has 0 fully saturated rings. The number of rotatable bonds is 5. The Labute approximate surface area is 136 Å². The van der Waals surface area contributed by atoms with Gasteiger partial charge in [-0.1, -0.05) is 12.1 Å². The van der Waals surface area contributed by atoms with Crippen LogP contribution in [0.5, 0.6) is 0 Å². The molecule has 0 aliphatic heterocycles. The van der Waals surface area contributed by atoms with Crippen LogP contribution in [0, 0.1) is 10.1 Å². The summed E-state index contributed by atoms with van der Waals surface area (Å²) in [7, 11) is 0. The summed E-state index contributed by atoms with van der Waals surface area (Å²) in [4.78, 5) is 22.0. The molecule has 9 heteroatoms. The van der Waals surface area contributed by atoms with Crippen molar-refractivity contribution >= 4 is 17.5 Å². The Hall–Kier alpha value is -3.49. The number of carbonyl (C=O) groups is 1. The number of benzene rings is 1. The summed E-state index contributed by atoms with van der Waals surface area (Å²) in [6, 6.07) is 9.45. The first-order chi connectivity index (χ1) is 11.6. The molecule has 0 atom stereocenters. The van der Waals surface area contributed by atoms with Crippen molar-refractivity contribution in [1.29, 1.82) is 0 Å². The third-order valence-corrected chi connectivity index (χ3v) is 3.33. The number of furan rings is 1. The quantitative estimate of drug-likeness (QED) is 0.569. The SMILES string of the molecule is CCn1cnnc1-c1cccc(NC(=O)c2ccc([N+](=O)[O-])o2)c1. The lowest BCUT2D eigenvalue weighted by atomic mass is 10.2. The molecule has 1 amide bonds. The molecule has 1 aromatic carbocycles. The molecule has 2 heterocycles. The predicted molar refractivity (Wildman–Crippen MR) is 84.4 cm³/mol. The smallest absolute Gasteiger partial charge is 0.395 e. The van der Waals surface area contributed by atoms with Gasteiger partial charge >= 0.3 is 5.88 Å². The van der Waals surface area contributed by atoms with Gasteiger partial charge in [-0.05, 0) is 25.1 Å². The van der Waals surface area contributed by atoms with E-state index in [0.29, 0.717) is 11.5 Å². The van der Waals surface area contributed by atoms with Crippen LogP contribution in [0.2, 0.25) is 0 Å². The van der Waals surface area contributed by atoms with Crippen LogP contribution in [-0.2, 0) is 6.54 Å². The van der Waals surface area contributed by atoms with Crippen molar-refractivity contribution in [2.24, 2.45) is 0 Å². The molecule has 0 saturated heterocycles. The van der Waals surface area contributed by atoms with Gasteiger partial charge in [-0.15, -0.1) is 10.2 Å². The minimum Gasteiger partial charge on any atom is -0.395 e. The molecule has 3 rings (SSSR count). The van der Waals surface area contributed by atoms with Crippen molar-refractivity contribution in [3.05, 3.63) is 58.6 Å². The molecule has 0 spiro atoms. The molecule has 0 aliphatic rings. The summed E-state index contributed by atoms with van der Waals surface area (Å²) in [5, 5.41) is 21.2. The maximum atomic E-state index is 12.1. The van der Waals surface area contributed by atoms with Gasteiger partial charge in [0, 0.05) is 17.8 Å². The van der Waals surface area contributed by atoms with Gasteiger partial charge in [0.25, 0.3) is 5.91 Å². The molecule has 0 unspecified atom stereocenters. The molecule has 24 heavy (non-hydrogen) atoms. The number of nitrogens with one attached hydrogen (secondary N) is 1. The van der Waals surface area contributed by atoms with E-state index in [1.807, 2.05) is 17.6 Å². The van der Waals surface area contributed by atoms with Crippen LogP contribution < -0.4 is 5.32 Å². The maximum absolute atomic E-state index is 12.1. The largest absolute Gasteiger partial charge is 0.433 e. The van der Waals surface area contributed by atoms with E-state index >= 15 is 0 Å². The second-order valence-electron chi connectivity index (χ2n) is 4.87. The second-order valence-corrected chi connectivity index (χ2v) is 4.87. The molecule has 2 aromatic heterocycles. The molecule has 0 bridgehead atoms. The van der Waals surface area contributed by atoms with E-state index < -0.39 is 16.7 Å². The van der Waals surface area contributed by atoms with Gasteiger partial charge in [-0.25, -0.2) is 0 Å². The number of anilines is 1. The lowest BCUT2D eigenvalue weighted by molar-refractivity contribution is -0.402. The van der Waals surface area contributed by atoms with Gasteiger partial charge in [-0.3, -0.25) is 14.9 Å². The average molecular weight is 327 g/mol. The zero-order chi connectivity index (χ0) is 17.1. The number of aryl methyl sites for hydroxylation is 1. The summed E-state index contributed by atoms with van der Waals surface area (Å²) in [5.74, 6) is -0.506. The summed E-state index contributed by atoms with van der Waals surface area (Å²) in [6.45, 7) is 2.69. The number of nitro groups is 1. The molecular weight excluding hydrogens is 314 g/mol. The first-order valence-corrected chi connectivity index (χ1v) is 7.12. The number of carbonyl (C=O) groups excluding carboxylic acids is 1. The number of aromatic nitrogens is 3. The minimum absolute atomic E-state index is 0.135. The van der Waals surface area contributed by atoms with Crippen LogP contribution >= 0.6 is 0 Å². The Balaban J connectivity index is 1.81. The fraction of sp³-hybridized carbons (Fsp3) is 0.133. The predicted octanol–water partition coefficient (Wildman–Crippen LogP) is 2.72. The molecule has 122 valence electrons. The number of nitrogens with zero attached hydrogens (tertiary/aromatic N) is 4. The Kier molecular flexibility index (Phi) is 4.06. The fourth-order valence-electron chi connectivity index (χ4n) is 2.19. The molecule has 0 aliphatic carbocycles.